The summed E-state index contributed by atoms with van der Waals surface area (Å²) in [4.78, 5) is 0. The van der Waals surface area contributed by atoms with Gasteiger partial charge in [0.15, 0.2) is 0 Å². The van der Waals surface area contributed by atoms with Crippen molar-refractivity contribution in [1.29, 1.82) is 0 Å². The second-order valence-corrected chi connectivity index (χ2v) is 5.02. The molecule has 0 amide bonds. The summed E-state index contributed by atoms with van der Waals surface area (Å²) in [7, 11) is 1.95. The van der Waals surface area contributed by atoms with Crippen LogP contribution in [0.25, 0.3) is 0 Å². The summed E-state index contributed by atoms with van der Waals surface area (Å²) in [5.74, 6) is 0. The maximum Gasteiger partial charge on any atom is 0.0492 e. The van der Waals surface area contributed by atoms with Gasteiger partial charge in [-0.05, 0) is 29.8 Å². The Kier molecular flexibility index (Phi) is 4.64. The predicted molar refractivity (Wildman–Crippen MR) is 75.1 cm³/mol. The van der Waals surface area contributed by atoms with Crippen molar-refractivity contribution in [2.45, 2.75) is 13.0 Å². The topological polar surface area (TPSA) is 29.9 Å². The molecule has 5 heteroatoms. The van der Waals surface area contributed by atoms with Crippen molar-refractivity contribution < 1.29 is 0 Å². The molecule has 1 aromatic heterocycles. The quantitative estimate of drug-likeness (QED) is 0.855. The molecule has 0 atom stereocenters. The molecule has 96 valence electrons. The van der Waals surface area contributed by atoms with E-state index in [1.807, 2.05) is 36.1 Å². The first-order valence-corrected chi connectivity index (χ1v) is 6.53. The Labute approximate surface area is 117 Å². The Morgan fingerprint density at radius 1 is 1.22 bits per heavy atom. The predicted octanol–water partition coefficient (Wildman–Crippen LogP) is 3.06. The number of benzene rings is 1. The van der Waals surface area contributed by atoms with E-state index >= 15 is 0 Å². The van der Waals surface area contributed by atoms with Crippen LogP contribution in [0.15, 0.2) is 30.5 Å². The van der Waals surface area contributed by atoms with E-state index in [0.717, 1.165) is 25.1 Å². The lowest BCUT2D eigenvalue weighted by Gasteiger charge is -2.06. The first-order valence-electron chi connectivity index (χ1n) is 5.78. The third kappa shape index (κ3) is 3.73. The number of halogens is 2. The lowest BCUT2D eigenvalue weighted by molar-refractivity contribution is 0.643. The highest BCUT2D eigenvalue weighted by Crippen LogP contribution is 2.18. The smallest absolute Gasteiger partial charge is 0.0492 e. The Morgan fingerprint density at radius 2 is 1.94 bits per heavy atom. The molecular weight excluding hydrogens is 269 g/mol. The third-order valence-corrected chi connectivity index (χ3v) is 3.17. The van der Waals surface area contributed by atoms with Gasteiger partial charge in [0.1, 0.15) is 0 Å². The number of hydrogen-bond donors (Lipinski definition) is 1. The number of aromatic nitrogens is 2. The highest BCUT2D eigenvalue weighted by molar-refractivity contribution is 6.34. The van der Waals surface area contributed by atoms with Crippen LogP contribution in [0.4, 0.5) is 0 Å². The summed E-state index contributed by atoms with van der Waals surface area (Å²) >= 11 is 11.9. The molecule has 0 spiro atoms. The van der Waals surface area contributed by atoms with E-state index in [-0.39, 0.29) is 0 Å². The highest BCUT2D eigenvalue weighted by atomic mass is 35.5. The zero-order valence-electron chi connectivity index (χ0n) is 10.2. The number of rotatable bonds is 5. The van der Waals surface area contributed by atoms with Gasteiger partial charge in [-0.3, -0.25) is 4.68 Å². The standard InChI is InChI=1S/C13H15Cl2N3/c1-18-13(3-5-17-18)2-4-16-9-10-6-11(14)8-12(15)7-10/h3,5-8,16H,2,4,9H2,1H3. The van der Waals surface area contributed by atoms with Crippen LogP contribution in [0.5, 0.6) is 0 Å². The van der Waals surface area contributed by atoms with Gasteiger partial charge < -0.3 is 5.32 Å². The van der Waals surface area contributed by atoms with Gasteiger partial charge in [-0.25, -0.2) is 0 Å². The van der Waals surface area contributed by atoms with Crippen molar-refractivity contribution in [2.75, 3.05) is 6.54 Å². The average Bonchev–Trinajstić information content (AvgIpc) is 2.69. The minimum absolute atomic E-state index is 0.672. The zero-order valence-corrected chi connectivity index (χ0v) is 11.7. The second kappa shape index (κ2) is 6.23. The van der Waals surface area contributed by atoms with Gasteiger partial charge in [0.05, 0.1) is 0 Å². The number of nitrogens with one attached hydrogen (secondary N) is 1. The molecule has 0 aliphatic rings. The largest absolute Gasteiger partial charge is 0.312 e. The van der Waals surface area contributed by atoms with E-state index in [1.54, 1.807) is 6.07 Å². The van der Waals surface area contributed by atoms with E-state index in [1.165, 1.54) is 5.69 Å². The third-order valence-electron chi connectivity index (χ3n) is 2.73. The van der Waals surface area contributed by atoms with Crippen LogP contribution in [-0.2, 0) is 20.0 Å². The van der Waals surface area contributed by atoms with Crippen molar-refractivity contribution in [3.8, 4) is 0 Å². The molecule has 18 heavy (non-hydrogen) atoms. The van der Waals surface area contributed by atoms with E-state index < -0.39 is 0 Å². The minimum atomic E-state index is 0.672. The van der Waals surface area contributed by atoms with Crippen LogP contribution in [0.3, 0.4) is 0 Å². The molecule has 0 bridgehead atoms. The molecule has 2 aromatic rings. The molecule has 3 nitrogen and oxygen atoms in total. The Morgan fingerprint density at radius 3 is 2.56 bits per heavy atom. The maximum absolute atomic E-state index is 5.94. The van der Waals surface area contributed by atoms with Gasteiger partial charge in [-0.15, -0.1) is 0 Å². The summed E-state index contributed by atoms with van der Waals surface area (Å²) in [6, 6.07) is 7.61. The summed E-state index contributed by atoms with van der Waals surface area (Å²) in [6.07, 6.45) is 2.76. The van der Waals surface area contributed by atoms with Crippen molar-refractivity contribution in [2.24, 2.45) is 7.05 Å². The van der Waals surface area contributed by atoms with Crippen LogP contribution < -0.4 is 5.32 Å². The van der Waals surface area contributed by atoms with Crippen LogP contribution in [0, 0.1) is 0 Å². The van der Waals surface area contributed by atoms with Crippen LogP contribution >= 0.6 is 23.2 Å². The molecule has 2 rings (SSSR count). The lowest BCUT2D eigenvalue weighted by atomic mass is 10.2. The van der Waals surface area contributed by atoms with Gasteiger partial charge in [-0.1, -0.05) is 23.2 Å². The molecule has 0 unspecified atom stereocenters. The lowest BCUT2D eigenvalue weighted by Crippen LogP contribution is -2.17. The van der Waals surface area contributed by atoms with E-state index in [2.05, 4.69) is 10.4 Å². The highest BCUT2D eigenvalue weighted by Gasteiger charge is 2.00. The fourth-order valence-electron chi connectivity index (χ4n) is 1.81. The molecule has 1 heterocycles. The molecular formula is C13H15Cl2N3. The zero-order chi connectivity index (χ0) is 13.0. The van der Waals surface area contributed by atoms with Crippen LogP contribution in [-0.4, -0.2) is 16.3 Å². The summed E-state index contributed by atoms with van der Waals surface area (Å²) in [5.41, 5.74) is 2.31. The van der Waals surface area contributed by atoms with Gasteiger partial charge in [-0.2, -0.15) is 5.10 Å². The van der Waals surface area contributed by atoms with Crippen molar-refractivity contribution in [3.05, 3.63) is 51.8 Å². The van der Waals surface area contributed by atoms with Crippen molar-refractivity contribution in [1.82, 2.24) is 15.1 Å². The van der Waals surface area contributed by atoms with Crippen molar-refractivity contribution in [3.63, 3.8) is 0 Å². The number of hydrogen-bond acceptors (Lipinski definition) is 2. The molecule has 1 N–H and O–H groups in total. The van der Waals surface area contributed by atoms with E-state index in [9.17, 15) is 0 Å². The first kappa shape index (κ1) is 13.4. The summed E-state index contributed by atoms with van der Waals surface area (Å²) in [5, 5.41) is 8.84. The molecule has 0 fully saturated rings. The van der Waals surface area contributed by atoms with E-state index in [4.69, 9.17) is 23.2 Å². The van der Waals surface area contributed by atoms with Gasteiger partial charge in [0.2, 0.25) is 0 Å². The SMILES string of the molecule is Cn1nccc1CCNCc1cc(Cl)cc(Cl)c1. The maximum atomic E-state index is 5.94. The van der Waals surface area contributed by atoms with Crippen molar-refractivity contribution >= 4 is 23.2 Å². The average molecular weight is 284 g/mol. The summed E-state index contributed by atoms with van der Waals surface area (Å²) < 4.78 is 1.89. The van der Waals surface area contributed by atoms with E-state index in [0.29, 0.717) is 10.0 Å². The molecule has 1 aromatic carbocycles. The van der Waals surface area contributed by atoms with Gasteiger partial charge in [0.25, 0.3) is 0 Å². The van der Waals surface area contributed by atoms with Crippen LogP contribution in [0.1, 0.15) is 11.3 Å². The molecule has 0 saturated carbocycles. The number of nitrogens with zero attached hydrogens (tertiary/aromatic N) is 2. The molecule has 0 radical (unpaired) electrons. The monoisotopic (exact) mass is 283 g/mol. The normalized spacial score (nSPS) is 10.8. The summed E-state index contributed by atoms with van der Waals surface area (Å²) in [6.45, 7) is 1.65. The Hall–Kier alpha value is -1.03. The molecule has 0 aliphatic carbocycles. The molecule has 0 saturated heterocycles. The fraction of sp³-hybridized carbons (Fsp3) is 0.308. The molecule has 0 aliphatic heterocycles. The second-order valence-electron chi connectivity index (χ2n) is 4.15. The fourth-order valence-corrected chi connectivity index (χ4v) is 2.38. The van der Waals surface area contributed by atoms with Gasteiger partial charge in [0, 0.05) is 48.5 Å². The minimum Gasteiger partial charge on any atom is -0.312 e. The van der Waals surface area contributed by atoms with Crippen LogP contribution in [0.2, 0.25) is 10.0 Å². The Balaban J connectivity index is 1.80. The Bertz CT molecular complexity index is 502. The number of aryl methyl sites for hydroxylation is 1. The van der Waals surface area contributed by atoms with Gasteiger partial charge >= 0.3 is 0 Å². The first-order chi connectivity index (χ1) is 8.65.